The molecule has 0 saturated carbocycles. The normalized spacial score (nSPS) is 19.9. The van der Waals surface area contributed by atoms with Gasteiger partial charge in [-0.05, 0) is 41.9 Å². The fourth-order valence-corrected chi connectivity index (χ4v) is 5.16. The lowest BCUT2D eigenvalue weighted by Crippen LogP contribution is -2.41. The van der Waals surface area contributed by atoms with Gasteiger partial charge in [0.15, 0.2) is 0 Å². The molecular weight excluding hydrogens is 501 g/mol. The van der Waals surface area contributed by atoms with E-state index in [2.05, 4.69) is 20.3 Å². The van der Waals surface area contributed by atoms with Gasteiger partial charge >= 0.3 is 12.1 Å². The summed E-state index contributed by atoms with van der Waals surface area (Å²) in [6.07, 6.45) is -1.72. The van der Waals surface area contributed by atoms with Gasteiger partial charge in [-0.3, -0.25) is 9.78 Å². The Balaban J connectivity index is 1.32. The zero-order valence-electron chi connectivity index (χ0n) is 20.4. The minimum atomic E-state index is -4.71. The molecule has 12 heteroatoms. The third-order valence-electron chi connectivity index (χ3n) is 7.26. The molecule has 2 aliphatic rings. The molecule has 2 atom stereocenters. The molecule has 1 aromatic carbocycles. The summed E-state index contributed by atoms with van der Waals surface area (Å²) in [5.41, 5.74) is 7.16. The summed E-state index contributed by atoms with van der Waals surface area (Å²) in [6.45, 7) is 1.73. The van der Waals surface area contributed by atoms with Gasteiger partial charge in [0.05, 0.1) is 0 Å². The van der Waals surface area contributed by atoms with E-state index < -0.39 is 24.3 Å². The number of alkyl halides is 3. The predicted molar refractivity (Wildman–Crippen MR) is 133 cm³/mol. The van der Waals surface area contributed by atoms with Crippen molar-refractivity contribution in [2.75, 3.05) is 30.3 Å². The van der Waals surface area contributed by atoms with E-state index in [0.717, 1.165) is 24.0 Å². The number of carboxylic acid groups (broad SMARTS) is 1. The first kappa shape index (κ1) is 25.7. The van der Waals surface area contributed by atoms with Crippen LogP contribution in [0.5, 0.6) is 5.88 Å². The Hall–Kier alpha value is -3.93. The van der Waals surface area contributed by atoms with Gasteiger partial charge in [-0.25, -0.2) is 0 Å². The highest BCUT2D eigenvalue weighted by molar-refractivity contribution is 5.74. The number of ether oxygens (including phenoxy) is 1. The van der Waals surface area contributed by atoms with Crippen molar-refractivity contribution in [1.82, 2.24) is 20.3 Å². The van der Waals surface area contributed by atoms with Crippen LogP contribution >= 0.6 is 0 Å². The van der Waals surface area contributed by atoms with E-state index in [4.69, 9.17) is 10.5 Å². The van der Waals surface area contributed by atoms with Crippen molar-refractivity contribution < 1.29 is 27.8 Å². The molecule has 0 aliphatic carbocycles. The van der Waals surface area contributed by atoms with Crippen LogP contribution in [-0.4, -0.2) is 57.9 Å². The third-order valence-corrected chi connectivity index (χ3v) is 7.26. The van der Waals surface area contributed by atoms with Crippen LogP contribution in [0.25, 0.3) is 11.1 Å². The molecule has 38 heavy (non-hydrogen) atoms. The number of aliphatic carboxylic acids is 1. The molecule has 2 fully saturated rings. The lowest BCUT2D eigenvalue weighted by atomic mass is 9.76. The molecule has 9 nitrogen and oxygen atoms in total. The van der Waals surface area contributed by atoms with Crippen molar-refractivity contribution >= 4 is 17.7 Å². The fraction of sp³-hybridized carbons (Fsp3) is 0.385. The zero-order chi connectivity index (χ0) is 26.9. The van der Waals surface area contributed by atoms with E-state index in [1.807, 2.05) is 11.0 Å². The van der Waals surface area contributed by atoms with Gasteiger partial charge in [-0.2, -0.15) is 23.1 Å². The molecule has 2 aliphatic heterocycles. The first-order valence-electron chi connectivity index (χ1n) is 12.2. The number of hydrogen-bond donors (Lipinski definition) is 3. The highest BCUT2D eigenvalue weighted by Crippen LogP contribution is 2.41. The maximum Gasteiger partial charge on any atom is 0.429 e. The summed E-state index contributed by atoms with van der Waals surface area (Å²) < 4.78 is 47.6. The number of halogens is 3. The van der Waals surface area contributed by atoms with Gasteiger partial charge in [-0.15, -0.1) is 0 Å². The topological polar surface area (TPSA) is 126 Å². The molecule has 2 aromatic heterocycles. The number of anilines is 2. The van der Waals surface area contributed by atoms with Gasteiger partial charge in [0.1, 0.15) is 11.9 Å². The summed E-state index contributed by atoms with van der Waals surface area (Å²) in [5, 5.41) is 12.4. The Morgan fingerprint density at radius 1 is 1.16 bits per heavy atom. The van der Waals surface area contributed by atoms with Crippen molar-refractivity contribution in [3.8, 4) is 17.0 Å². The lowest BCUT2D eigenvalue weighted by molar-refractivity contribution is -0.198. The molecule has 4 N–H and O–H groups in total. The van der Waals surface area contributed by atoms with Gasteiger partial charge in [0.2, 0.25) is 17.9 Å². The Morgan fingerprint density at radius 2 is 1.89 bits per heavy atom. The fourth-order valence-electron chi connectivity index (χ4n) is 5.16. The number of rotatable bonds is 6. The van der Waals surface area contributed by atoms with Crippen LogP contribution in [0, 0.1) is 5.41 Å². The highest BCUT2D eigenvalue weighted by Gasteiger charge is 2.45. The molecule has 2 saturated heterocycles. The van der Waals surface area contributed by atoms with Crippen molar-refractivity contribution in [2.45, 2.75) is 37.6 Å². The van der Waals surface area contributed by atoms with Crippen LogP contribution in [-0.2, 0) is 4.79 Å². The number of carbonyl (C=O) groups is 1. The standard InChI is InChI=1S/C26H27F3N6O3/c27-26(28,29)22(17-5-3-16(4-6-17)18-2-1-9-31-14-18)38-21-12-20(33-24(30)34-21)35-10-7-25(8-11-35)13-19(23(36)37)32-15-25/h1-6,9,12,14,19,22,32H,7-8,10-11,13,15H2,(H,36,37)(H2,30,33,34)/t19?,22-/m1/s1. The van der Waals surface area contributed by atoms with Crippen LogP contribution in [0.3, 0.4) is 0 Å². The second-order valence-corrected chi connectivity index (χ2v) is 9.79. The smallest absolute Gasteiger partial charge is 0.429 e. The second kappa shape index (κ2) is 10.1. The Labute approximate surface area is 216 Å². The second-order valence-electron chi connectivity index (χ2n) is 9.79. The SMILES string of the molecule is Nc1nc(O[C@H](c2ccc(-c3cccnc3)cc2)C(F)(F)F)cc(N2CCC3(CC2)CNC(C(=O)O)C3)n1. The predicted octanol–water partition coefficient (Wildman–Crippen LogP) is 3.84. The number of pyridine rings is 1. The van der Waals surface area contributed by atoms with Crippen LogP contribution in [0.2, 0.25) is 0 Å². The van der Waals surface area contributed by atoms with Crippen LogP contribution in [0.15, 0.2) is 54.9 Å². The number of hydrogen-bond acceptors (Lipinski definition) is 8. The van der Waals surface area contributed by atoms with E-state index in [1.54, 1.807) is 30.6 Å². The Morgan fingerprint density at radius 3 is 2.50 bits per heavy atom. The summed E-state index contributed by atoms with van der Waals surface area (Å²) in [7, 11) is 0. The first-order valence-corrected chi connectivity index (χ1v) is 12.2. The Kier molecular flexibility index (Phi) is 6.82. The molecule has 3 aromatic rings. The van der Waals surface area contributed by atoms with E-state index in [0.29, 0.717) is 31.9 Å². The van der Waals surface area contributed by atoms with Gasteiger partial charge in [-0.1, -0.05) is 30.3 Å². The number of aromatic nitrogens is 3. The number of nitrogens with one attached hydrogen (secondary N) is 1. The van der Waals surface area contributed by atoms with Crippen molar-refractivity contribution in [3.05, 3.63) is 60.4 Å². The van der Waals surface area contributed by atoms with E-state index in [9.17, 15) is 23.1 Å². The number of nitrogen functional groups attached to an aromatic ring is 1. The van der Waals surface area contributed by atoms with Crippen LogP contribution < -0.4 is 20.7 Å². The molecule has 0 bridgehead atoms. The maximum atomic E-state index is 14.1. The number of nitrogens with two attached hydrogens (primary N) is 1. The largest absolute Gasteiger partial charge is 0.480 e. The van der Waals surface area contributed by atoms with Crippen molar-refractivity contribution in [2.24, 2.45) is 5.41 Å². The summed E-state index contributed by atoms with van der Waals surface area (Å²) in [6, 6.07) is 10.3. The van der Waals surface area contributed by atoms with Gasteiger partial charge < -0.3 is 25.8 Å². The molecule has 0 radical (unpaired) electrons. The molecule has 5 rings (SSSR count). The van der Waals surface area contributed by atoms with Gasteiger partial charge in [0.25, 0.3) is 0 Å². The monoisotopic (exact) mass is 528 g/mol. The molecule has 1 unspecified atom stereocenters. The third kappa shape index (κ3) is 5.49. The first-order chi connectivity index (χ1) is 18.1. The quantitative estimate of drug-likeness (QED) is 0.437. The molecule has 4 heterocycles. The minimum Gasteiger partial charge on any atom is -0.480 e. The average Bonchev–Trinajstić information content (AvgIpc) is 3.31. The van der Waals surface area contributed by atoms with Gasteiger partial charge in [0, 0.05) is 43.7 Å². The molecule has 0 amide bonds. The molecular formula is C26H27F3N6O3. The molecule has 200 valence electrons. The number of benzene rings is 1. The minimum absolute atomic E-state index is 0.0782. The van der Waals surface area contributed by atoms with E-state index in [-0.39, 0.29) is 22.8 Å². The van der Waals surface area contributed by atoms with E-state index >= 15 is 0 Å². The summed E-state index contributed by atoms with van der Waals surface area (Å²) in [5.74, 6) is -0.962. The number of piperidine rings is 1. The number of carboxylic acids is 1. The lowest BCUT2D eigenvalue weighted by Gasteiger charge is -2.39. The molecule has 1 spiro atoms. The van der Waals surface area contributed by atoms with Crippen molar-refractivity contribution in [1.29, 1.82) is 0 Å². The Bertz CT molecular complexity index is 1280. The number of nitrogens with zero attached hydrogens (tertiary/aromatic N) is 4. The summed E-state index contributed by atoms with van der Waals surface area (Å²) >= 11 is 0. The van der Waals surface area contributed by atoms with Crippen LogP contribution in [0.1, 0.15) is 30.9 Å². The zero-order valence-corrected chi connectivity index (χ0v) is 20.4. The van der Waals surface area contributed by atoms with Crippen LogP contribution in [0.4, 0.5) is 24.9 Å². The highest BCUT2D eigenvalue weighted by atomic mass is 19.4. The maximum absolute atomic E-state index is 14.1. The summed E-state index contributed by atoms with van der Waals surface area (Å²) in [4.78, 5) is 25.4. The van der Waals surface area contributed by atoms with Crippen molar-refractivity contribution in [3.63, 3.8) is 0 Å². The van der Waals surface area contributed by atoms with E-state index in [1.165, 1.54) is 18.2 Å². The average molecular weight is 529 g/mol.